The van der Waals surface area contributed by atoms with Crippen molar-refractivity contribution >= 4 is 5.91 Å². The summed E-state index contributed by atoms with van der Waals surface area (Å²) < 4.78 is 5.05. The Bertz CT molecular complexity index is 675. The van der Waals surface area contributed by atoms with E-state index in [0.29, 0.717) is 19.1 Å². The molecule has 0 aliphatic carbocycles. The van der Waals surface area contributed by atoms with Crippen LogP contribution in [0.15, 0.2) is 60.7 Å². The summed E-state index contributed by atoms with van der Waals surface area (Å²) in [6, 6.07) is 21.1. The van der Waals surface area contributed by atoms with Crippen molar-refractivity contribution < 1.29 is 9.53 Å². The fraction of sp³-hybridized carbons (Fsp3) is 0.409. The number of hydrogen-bond acceptors (Lipinski definition) is 3. The van der Waals surface area contributed by atoms with E-state index in [-0.39, 0.29) is 11.8 Å². The third kappa shape index (κ3) is 5.16. The predicted octanol–water partition coefficient (Wildman–Crippen LogP) is 3.05. The quantitative estimate of drug-likeness (QED) is 0.779. The number of nitrogens with zero attached hydrogens (tertiary/aromatic N) is 1. The fourth-order valence-electron chi connectivity index (χ4n) is 3.74. The Morgan fingerprint density at radius 3 is 2.46 bits per heavy atom. The molecule has 1 aliphatic heterocycles. The fourth-order valence-corrected chi connectivity index (χ4v) is 3.74. The van der Waals surface area contributed by atoms with E-state index in [1.807, 2.05) is 12.1 Å². The SMILES string of the molecule is COCCNC(=O)C1CC(c2ccccc2)CN(Cc2ccccc2)C1. The number of hydrogen-bond donors (Lipinski definition) is 1. The number of amides is 1. The summed E-state index contributed by atoms with van der Waals surface area (Å²) in [6.45, 7) is 3.79. The van der Waals surface area contributed by atoms with Gasteiger partial charge in [0.1, 0.15) is 0 Å². The monoisotopic (exact) mass is 352 g/mol. The molecular weight excluding hydrogens is 324 g/mol. The van der Waals surface area contributed by atoms with Gasteiger partial charge in [-0.05, 0) is 23.5 Å². The van der Waals surface area contributed by atoms with Crippen molar-refractivity contribution in [3.8, 4) is 0 Å². The summed E-state index contributed by atoms with van der Waals surface area (Å²) in [4.78, 5) is 15.1. The lowest BCUT2D eigenvalue weighted by Crippen LogP contribution is -2.45. The van der Waals surface area contributed by atoms with Gasteiger partial charge in [0.25, 0.3) is 0 Å². The van der Waals surface area contributed by atoms with Gasteiger partial charge in [-0.1, -0.05) is 60.7 Å². The Balaban J connectivity index is 1.71. The van der Waals surface area contributed by atoms with E-state index in [2.05, 4.69) is 58.7 Å². The molecule has 0 radical (unpaired) electrons. The van der Waals surface area contributed by atoms with Crippen LogP contribution in [0, 0.1) is 5.92 Å². The number of carbonyl (C=O) groups excluding carboxylic acids is 1. The number of likely N-dealkylation sites (tertiary alicyclic amines) is 1. The topological polar surface area (TPSA) is 41.6 Å². The Labute approximate surface area is 156 Å². The third-order valence-electron chi connectivity index (χ3n) is 5.02. The highest BCUT2D eigenvalue weighted by Crippen LogP contribution is 2.31. The van der Waals surface area contributed by atoms with Crippen LogP contribution >= 0.6 is 0 Å². The number of nitrogens with one attached hydrogen (secondary N) is 1. The van der Waals surface area contributed by atoms with Crippen molar-refractivity contribution in [2.24, 2.45) is 5.92 Å². The van der Waals surface area contributed by atoms with Crippen molar-refractivity contribution in [1.29, 1.82) is 0 Å². The summed E-state index contributed by atoms with van der Waals surface area (Å²) in [7, 11) is 1.65. The zero-order chi connectivity index (χ0) is 18.2. The minimum Gasteiger partial charge on any atom is -0.383 e. The Hall–Kier alpha value is -2.17. The summed E-state index contributed by atoms with van der Waals surface area (Å²) >= 11 is 0. The molecule has 0 bridgehead atoms. The number of rotatable bonds is 7. The first-order chi connectivity index (χ1) is 12.8. The zero-order valence-corrected chi connectivity index (χ0v) is 15.4. The first kappa shape index (κ1) is 18.6. The van der Waals surface area contributed by atoms with E-state index in [1.165, 1.54) is 11.1 Å². The largest absolute Gasteiger partial charge is 0.383 e. The number of ether oxygens (including phenoxy) is 1. The van der Waals surface area contributed by atoms with Gasteiger partial charge in [-0.25, -0.2) is 0 Å². The van der Waals surface area contributed by atoms with E-state index in [9.17, 15) is 4.79 Å². The molecule has 3 rings (SSSR count). The van der Waals surface area contributed by atoms with Crippen LogP contribution in [0.1, 0.15) is 23.5 Å². The van der Waals surface area contributed by atoms with Crippen molar-refractivity contribution in [2.75, 3.05) is 33.4 Å². The lowest BCUT2D eigenvalue weighted by atomic mass is 9.84. The Kier molecular flexibility index (Phi) is 6.81. The van der Waals surface area contributed by atoms with Gasteiger partial charge in [0.15, 0.2) is 0 Å². The molecule has 2 aromatic rings. The zero-order valence-electron chi connectivity index (χ0n) is 15.4. The smallest absolute Gasteiger partial charge is 0.224 e. The molecule has 0 saturated carbocycles. The second-order valence-corrected chi connectivity index (χ2v) is 7.00. The van der Waals surface area contributed by atoms with Gasteiger partial charge in [-0.3, -0.25) is 9.69 Å². The van der Waals surface area contributed by atoms with Crippen LogP contribution in [-0.2, 0) is 16.1 Å². The summed E-state index contributed by atoms with van der Waals surface area (Å²) in [5, 5.41) is 3.02. The lowest BCUT2D eigenvalue weighted by molar-refractivity contribution is -0.127. The van der Waals surface area contributed by atoms with Gasteiger partial charge in [-0.15, -0.1) is 0 Å². The van der Waals surface area contributed by atoms with E-state index in [4.69, 9.17) is 4.74 Å². The molecule has 1 N–H and O–H groups in total. The molecule has 2 atom stereocenters. The molecule has 1 fully saturated rings. The van der Waals surface area contributed by atoms with E-state index < -0.39 is 0 Å². The lowest BCUT2D eigenvalue weighted by Gasteiger charge is -2.37. The maximum atomic E-state index is 12.7. The van der Waals surface area contributed by atoms with Crippen LogP contribution in [0.3, 0.4) is 0 Å². The molecule has 1 heterocycles. The van der Waals surface area contributed by atoms with Crippen molar-refractivity contribution in [3.63, 3.8) is 0 Å². The standard InChI is InChI=1S/C22H28N2O2/c1-26-13-12-23-22(25)21-14-20(19-10-6-3-7-11-19)16-24(17-21)15-18-8-4-2-5-9-18/h2-11,20-21H,12-17H2,1H3,(H,23,25). The first-order valence-corrected chi connectivity index (χ1v) is 9.34. The molecule has 4 nitrogen and oxygen atoms in total. The number of piperidine rings is 1. The maximum absolute atomic E-state index is 12.7. The highest BCUT2D eigenvalue weighted by molar-refractivity contribution is 5.79. The van der Waals surface area contributed by atoms with Crippen molar-refractivity contribution in [3.05, 3.63) is 71.8 Å². The van der Waals surface area contributed by atoms with Crippen LogP contribution in [0.4, 0.5) is 0 Å². The molecule has 1 aliphatic rings. The van der Waals surface area contributed by atoms with Gasteiger partial charge < -0.3 is 10.1 Å². The van der Waals surface area contributed by atoms with Crippen molar-refractivity contribution in [2.45, 2.75) is 18.9 Å². The van der Waals surface area contributed by atoms with Gasteiger partial charge in [-0.2, -0.15) is 0 Å². The Morgan fingerprint density at radius 1 is 1.08 bits per heavy atom. The maximum Gasteiger partial charge on any atom is 0.224 e. The molecule has 2 unspecified atom stereocenters. The minimum atomic E-state index is 0.00882. The van der Waals surface area contributed by atoms with Crippen LogP contribution < -0.4 is 5.32 Å². The van der Waals surface area contributed by atoms with Gasteiger partial charge in [0.2, 0.25) is 5.91 Å². The summed E-state index contributed by atoms with van der Waals surface area (Å²) in [6.07, 6.45) is 0.897. The number of carbonyl (C=O) groups is 1. The molecule has 0 spiro atoms. The molecule has 0 aromatic heterocycles. The molecule has 2 aromatic carbocycles. The molecule has 1 amide bonds. The highest BCUT2D eigenvalue weighted by Gasteiger charge is 2.32. The predicted molar refractivity (Wildman–Crippen MR) is 104 cm³/mol. The number of benzene rings is 2. The molecular formula is C22H28N2O2. The molecule has 4 heteroatoms. The average molecular weight is 352 g/mol. The van der Waals surface area contributed by atoms with Crippen LogP contribution in [0.2, 0.25) is 0 Å². The van der Waals surface area contributed by atoms with Crippen LogP contribution in [-0.4, -0.2) is 44.2 Å². The van der Waals surface area contributed by atoms with Gasteiger partial charge >= 0.3 is 0 Å². The normalized spacial score (nSPS) is 20.7. The third-order valence-corrected chi connectivity index (χ3v) is 5.02. The second-order valence-electron chi connectivity index (χ2n) is 7.00. The van der Waals surface area contributed by atoms with Crippen LogP contribution in [0.5, 0.6) is 0 Å². The highest BCUT2D eigenvalue weighted by atomic mass is 16.5. The minimum absolute atomic E-state index is 0.00882. The molecule has 1 saturated heterocycles. The van der Waals surface area contributed by atoms with Crippen LogP contribution in [0.25, 0.3) is 0 Å². The van der Waals surface area contributed by atoms with E-state index in [0.717, 1.165) is 26.1 Å². The summed E-state index contributed by atoms with van der Waals surface area (Å²) in [5.41, 5.74) is 2.61. The van der Waals surface area contributed by atoms with Gasteiger partial charge in [0.05, 0.1) is 12.5 Å². The average Bonchev–Trinajstić information content (AvgIpc) is 2.69. The second kappa shape index (κ2) is 9.51. The van der Waals surface area contributed by atoms with Crippen molar-refractivity contribution in [1.82, 2.24) is 10.2 Å². The number of methoxy groups -OCH3 is 1. The molecule has 138 valence electrons. The molecule has 26 heavy (non-hydrogen) atoms. The van der Waals surface area contributed by atoms with E-state index >= 15 is 0 Å². The van der Waals surface area contributed by atoms with Gasteiger partial charge in [0, 0.05) is 33.3 Å². The summed E-state index contributed by atoms with van der Waals surface area (Å²) in [5.74, 6) is 0.530. The first-order valence-electron chi connectivity index (χ1n) is 9.34. The van der Waals surface area contributed by atoms with E-state index in [1.54, 1.807) is 7.11 Å². The Morgan fingerprint density at radius 2 is 1.77 bits per heavy atom.